The SMILES string of the molecule is O=C(NOC1CCCCO1)/C(F)=C/c1cnc(N[C@@H]2CCN(CC3CCCCC3)C2)c(Cl)c1. The Morgan fingerprint density at radius 2 is 2.06 bits per heavy atom. The highest BCUT2D eigenvalue weighted by atomic mass is 35.5. The van der Waals surface area contributed by atoms with E-state index in [0.29, 0.717) is 35.5 Å². The molecule has 0 spiro atoms. The lowest BCUT2D eigenvalue weighted by molar-refractivity contribution is -0.199. The first kappa shape index (κ1) is 24.4. The zero-order chi connectivity index (χ0) is 23.0. The summed E-state index contributed by atoms with van der Waals surface area (Å²) in [6.45, 7) is 3.82. The number of hydroxylamine groups is 1. The van der Waals surface area contributed by atoms with Crippen molar-refractivity contribution >= 4 is 29.4 Å². The van der Waals surface area contributed by atoms with E-state index < -0.39 is 18.0 Å². The first-order valence-corrected chi connectivity index (χ1v) is 12.5. The van der Waals surface area contributed by atoms with Gasteiger partial charge in [-0.2, -0.15) is 0 Å². The molecule has 1 unspecified atom stereocenters. The molecular weight excluding hydrogens is 447 g/mol. The van der Waals surface area contributed by atoms with Gasteiger partial charge in [0.25, 0.3) is 0 Å². The monoisotopic (exact) mass is 480 g/mol. The topological polar surface area (TPSA) is 75.7 Å². The van der Waals surface area contributed by atoms with Gasteiger partial charge in [0, 0.05) is 44.9 Å². The number of likely N-dealkylation sites (tertiary alicyclic amines) is 1. The van der Waals surface area contributed by atoms with Gasteiger partial charge in [0.2, 0.25) is 0 Å². The maximum atomic E-state index is 14.3. The van der Waals surface area contributed by atoms with Gasteiger partial charge in [0.1, 0.15) is 5.82 Å². The molecule has 2 saturated heterocycles. The molecule has 0 bridgehead atoms. The van der Waals surface area contributed by atoms with Crippen LogP contribution in [0, 0.1) is 5.92 Å². The summed E-state index contributed by atoms with van der Waals surface area (Å²) in [4.78, 5) is 24.0. The molecule has 3 aliphatic rings. The van der Waals surface area contributed by atoms with Crippen LogP contribution in [0.3, 0.4) is 0 Å². The summed E-state index contributed by atoms with van der Waals surface area (Å²) in [5, 5.41) is 3.82. The molecule has 1 saturated carbocycles. The molecule has 2 atom stereocenters. The molecule has 2 N–H and O–H groups in total. The van der Waals surface area contributed by atoms with Crippen LogP contribution in [-0.4, -0.2) is 54.4 Å². The number of nitrogens with one attached hydrogen (secondary N) is 2. The predicted octanol–water partition coefficient (Wildman–Crippen LogP) is 4.69. The van der Waals surface area contributed by atoms with E-state index in [2.05, 4.69) is 20.7 Å². The van der Waals surface area contributed by atoms with Gasteiger partial charge in [-0.1, -0.05) is 30.9 Å². The van der Waals surface area contributed by atoms with E-state index >= 15 is 0 Å². The van der Waals surface area contributed by atoms with Crippen LogP contribution in [0.15, 0.2) is 18.1 Å². The van der Waals surface area contributed by atoms with Crippen molar-refractivity contribution in [3.8, 4) is 0 Å². The third-order valence-electron chi connectivity index (χ3n) is 6.65. The maximum absolute atomic E-state index is 14.3. The standard InChI is InChI=1S/C24H34ClFN4O3/c25-20-12-18(13-21(26)24(31)29-33-22-8-4-5-11-32-22)14-27-23(20)28-19-9-10-30(16-19)15-17-6-2-1-3-7-17/h12-14,17,19,22H,1-11,15-16H2,(H,27,28)(H,29,31)/b21-13-/t19-,22?/m1/s1. The summed E-state index contributed by atoms with van der Waals surface area (Å²) in [5.41, 5.74) is 2.50. The van der Waals surface area contributed by atoms with Crippen LogP contribution in [0.5, 0.6) is 0 Å². The lowest BCUT2D eigenvalue weighted by atomic mass is 9.89. The molecule has 0 radical (unpaired) electrons. The minimum atomic E-state index is -0.987. The first-order chi connectivity index (χ1) is 16.1. The van der Waals surface area contributed by atoms with Crippen LogP contribution < -0.4 is 10.8 Å². The molecule has 4 rings (SSSR count). The fourth-order valence-corrected chi connectivity index (χ4v) is 5.10. The van der Waals surface area contributed by atoms with Gasteiger partial charge in [0.15, 0.2) is 12.1 Å². The first-order valence-electron chi connectivity index (χ1n) is 12.2. The average molecular weight is 481 g/mol. The van der Waals surface area contributed by atoms with Gasteiger partial charge in [-0.3, -0.25) is 4.79 Å². The number of anilines is 1. The van der Waals surface area contributed by atoms with E-state index in [-0.39, 0.29) is 0 Å². The summed E-state index contributed by atoms with van der Waals surface area (Å²) in [6.07, 6.45) is 12.5. The lowest BCUT2D eigenvalue weighted by Gasteiger charge is -2.26. The van der Waals surface area contributed by atoms with Gasteiger partial charge < -0.3 is 15.0 Å². The second-order valence-electron chi connectivity index (χ2n) is 9.33. The Labute approximate surface area is 200 Å². The molecule has 1 aromatic heterocycles. The van der Waals surface area contributed by atoms with E-state index in [4.69, 9.17) is 21.2 Å². The van der Waals surface area contributed by atoms with Crippen molar-refractivity contribution < 1.29 is 18.8 Å². The summed E-state index contributed by atoms with van der Waals surface area (Å²) in [7, 11) is 0. The molecular formula is C24H34ClFN4O3. The molecule has 1 aromatic rings. The van der Waals surface area contributed by atoms with Crippen molar-refractivity contribution in [2.45, 2.75) is 70.1 Å². The van der Waals surface area contributed by atoms with Gasteiger partial charge in [-0.15, -0.1) is 0 Å². The number of aromatic nitrogens is 1. The zero-order valence-corrected chi connectivity index (χ0v) is 19.8. The van der Waals surface area contributed by atoms with Crippen molar-refractivity contribution in [3.63, 3.8) is 0 Å². The summed E-state index contributed by atoms with van der Waals surface area (Å²) in [6, 6.07) is 1.89. The van der Waals surface area contributed by atoms with Crippen molar-refractivity contribution in [2.24, 2.45) is 5.92 Å². The molecule has 1 amide bonds. The van der Waals surface area contributed by atoms with Gasteiger partial charge in [-0.05, 0) is 55.7 Å². The summed E-state index contributed by atoms with van der Waals surface area (Å²) >= 11 is 6.39. The van der Waals surface area contributed by atoms with Crippen LogP contribution in [-0.2, 0) is 14.4 Å². The number of amides is 1. The molecule has 2 aliphatic heterocycles. The Kier molecular flexibility index (Phi) is 8.95. The van der Waals surface area contributed by atoms with Crippen LogP contribution in [0.1, 0.15) is 63.4 Å². The summed E-state index contributed by atoms with van der Waals surface area (Å²) < 4.78 is 19.6. The second-order valence-corrected chi connectivity index (χ2v) is 9.74. The number of nitrogens with zero attached hydrogens (tertiary/aromatic N) is 2. The molecule has 0 aromatic carbocycles. The smallest absolute Gasteiger partial charge is 0.303 e. The van der Waals surface area contributed by atoms with Crippen LogP contribution >= 0.6 is 11.6 Å². The molecule has 7 nitrogen and oxygen atoms in total. The van der Waals surface area contributed by atoms with Crippen LogP contribution in [0.2, 0.25) is 5.02 Å². The van der Waals surface area contributed by atoms with Crippen molar-refractivity contribution in [3.05, 3.63) is 28.7 Å². The quantitative estimate of drug-likeness (QED) is 0.415. The molecule has 182 valence electrons. The zero-order valence-electron chi connectivity index (χ0n) is 19.0. The van der Waals surface area contributed by atoms with Crippen molar-refractivity contribution in [2.75, 3.05) is 31.6 Å². The average Bonchev–Trinajstić information content (AvgIpc) is 3.27. The van der Waals surface area contributed by atoms with E-state index in [0.717, 1.165) is 44.3 Å². The predicted molar refractivity (Wildman–Crippen MR) is 126 cm³/mol. The number of carbonyl (C=O) groups is 1. The number of carbonyl (C=O) groups excluding carboxylic acids is 1. The van der Waals surface area contributed by atoms with E-state index in [1.165, 1.54) is 44.8 Å². The number of ether oxygens (including phenoxy) is 1. The van der Waals surface area contributed by atoms with E-state index in [9.17, 15) is 9.18 Å². The molecule has 33 heavy (non-hydrogen) atoms. The number of rotatable bonds is 8. The molecule has 1 aliphatic carbocycles. The molecule has 3 heterocycles. The normalized spacial score (nSPS) is 25.2. The van der Waals surface area contributed by atoms with Gasteiger partial charge in [-0.25, -0.2) is 19.7 Å². The fraction of sp³-hybridized carbons (Fsp3) is 0.667. The second kappa shape index (κ2) is 12.1. The maximum Gasteiger partial charge on any atom is 0.303 e. The van der Waals surface area contributed by atoms with E-state index in [1.54, 1.807) is 6.07 Å². The lowest BCUT2D eigenvalue weighted by Crippen LogP contribution is -2.33. The number of hydrogen-bond acceptors (Lipinski definition) is 6. The Bertz CT molecular complexity index is 828. The highest BCUT2D eigenvalue weighted by Gasteiger charge is 2.26. The highest BCUT2D eigenvalue weighted by molar-refractivity contribution is 6.33. The van der Waals surface area contributed by atoms with Gasteiger partial charge in [0.05, 0.1) is 5.02 Å². The Morgan fingerprint density at radius 3 is 2.82 bits per heavy atom. The minimum absolute atomic E-state index is 0.293. The van der Waals surface area contributed by atoms with E-state index in [1.807, 2.05) is 0 Å². The van der Waals surface area contributed by atoms with Crippen LogP contribution in [0.4, 0.5) is 10.2 Å². The van der Waals surface area contributed by atoms with Crippen LogP contribution in [0.25, 0.3) is 6.08 Å². The number of pyridine rings is 1. The third-order valence-corrected chi connectivity index (χ3v) is 6.94. The number of halogens is 2. The Hall–Kier alpha value is -1.74. The van der Waals surface area contributed by atoms with Crippen molar-refractivity contribution in [1.82, 2.24) is 15.4 Å². The minimum Gasteiger partial charge on any atom is -0.365 e. The van der Waals surface area contributed by atoms with Crippen molar-refractivity contribution in [1.29, 1.82) is 0 Å². The molecule has 9 heteroatoms. The molecule has 3 fully saturated rings. The van der Waals surface area contributed by atoms with Gasteiger partial charge >= 0.3 is 5.91 Å². The Balaban J connectivity index is 1.25. The Morgan fingerprint density at radius 1 is 1.24 bits per heavy atom. The summed E-state index contributed by atoms with van der Waals surface area (Å²) in [5.74, 6) is -0.538. The highest BCUT2D eigenvalue weighted by Crippen LogP contribution is 2.27. The largest absolute Gasteiger partial charge is 0.365 e. The third kappa shape index (κ3) is 7.37. The fourth-order valence-electron chi connectivity index (χ4n) is 4.87. The number of hydrogen-bond donors (Lipinski definition) is 2.